The summed E-state index contributed by atoms with van der Waals surface area (Å²) in [5.41, 5.74) is 6.55. The highest BCUT2D eigenvalue weighted by Crippen LogP contribution is 2.27. The van der Waals surface area contributed by atoms with Crippen molar-refractivity contribution in [1.82, 2.24) is 9.97 Å². The number of nitrogens with two attached hydrogens (primary N) is 1. The van der Waals surface area contributed by atoms with Gasteiger partial charge in [0.1, 0.15) is 15.7 Å². The van der Waals surface area contributed by atoms with Crippen LogP contribution in [0.2, 0.25) is 0 Å². The van der Waals surface area contributed by atoms with E-state index in [0.29, 0.717) is 19.4 Å². The molecule has 1 aliphatic heterocycles. The summed E-state index contributed by atoms with van der Waals surface area (Å²) >= 11 is 0. The van der Waals surface area contributed by atoms with E-state index in [9.17, 15) is 8.42 Å². The van der Waals surface area contributed by atoms with Crippen LogP contribution in [0.15, 0.2) is 6.20 Å². The number of nitrogens with zero attached hydrogens (tertiary/aromatic N) is 1. The molecule has 0 bridgehead atoms. The monoisotopic (exact) mass is 257 g/mol. The Morgan fingerprint density at radius 2 is 2.12 bits per heavy atom. The van der Waals surface area contributed by atoms with Crippen LogP contribution in [0, 0.1) is 0 Å². The molecule has 0 unspecified atom stereocenters. The maximum absolute atomic E-state index is 11.3. The van der Waals surface area contributed by atoms with Gasteiger partial charge in [-0.2, -0.15) is 0 Å². The normalized spacial score (nSPS) is 20.5. The highest BCUT2D eigenvalue weighted by molar-refractivity contribution is 7.91. The van der Waals surface area contributed by atoms with Crippen LogP contribution < -0.4 is 5.73 Å². The molecule has 1 fully saturated rings. The standard InChI is InChI=1S/C11H19N3O2S/c12-5-1-2-10-8-13-11(14-10)9-3-6-17(15,16)7-4-9/h8-9H,1-7,12H2,(H,13,14). The molecule has 2 heterocycles. The molecule has 0 amide bonds. The number of hydrogen-bond donors (Lipinski definition) is 2. The van der Waals surface area contributed by atoms with E-state index >= 15 is 0 Å². The first kappa shape index (κ1) is 12.6. The summed E-state index contributed by atoms with van der Waals surface area (Å²) in [4.78, 5) is 7.63. The summed E-state index contributed by atoms with van der Waals surface area (Å²) in [6.07, 6.45) is 5.07. The predicted molar refractivity (Wildman–Crippen MR) is 66.6 cm³/mol. The molecule has 1 aromatic rings. The lowest BCUT2D eigenvalue weighted by atomic mass is 10.0. The number of aryl methyl sites for hydroxylation is 1. The molecule has 0 aliphatic carbocycles. The molecule has 96 valence electrons. The third-order valence-corrected chi connectivity index (χ3v) is 4.96. The number of H-pyrrole nitrogens is 1. The van der Waals surface area contributed by atoms with Crippen molar-refractivity contribution < 1.29 is 8.42 Å². The average Bonchev–Trinajstić information content (AvgIpc) is 2.75. The minimum Gasteiger partial charge on any atom is -0.346 e. The van der Waals surface area contributed by atoms with Gasteiger partial charge < -0.3 is 10.7 Å². The van der Waals surface area contributed by atoms with Crippen molar-refractivity contribution in [3.05, 3.63) is 17.7 Å². The van der Waals surface area contributed by atoms with Gasteiger partial charge in [-0.05, 0) is 32.2 Å². The summed E-state index contributed by atoms with van der Waals surface area (Å²) in [6.45, 7) is 0.677. The van der Waals surface area contributed by atoms with Gasteiger partial charge in [-0.1, -0.05) is 0 Å². The summed E-state index contributed by atoms with van der Waals surface area (Å²) in [6, 6.07) is 0. The zero-order valence-corrected chi connectivity index (χ0v) is 10.7. The smallest absolute Gasteiger partial charge is 0.150 e. The van der Waals surface area contributed by atoms with Crippen molar-refractivity contribution in [2.24, 2.45) is 5.73 Å². The second-order valence-corrected chi connectivity index (χ2v) is 6.92. The fraction of sp³-hybridized carbons (Fsp3) is 0.727. The Morgan fingerprint density at radius 3 is 2.76 bits per heavy atom. The largest absolute Gasteiger partial charge is 0.346 e. The first-order valence-corrected chi connectivity index (χ1v) is 7.87. The van der Waals surface area contributed by atoms with Crippen molar-refractivity contribution in [2.75, 3.05) is 18.1 Å². The molecule has 2 rings (SSSR count). The molecule has 17 heavy (non-hydrogen) atoms. The quantitative estimate of drug-likeness (QED) is 0.826. The van der Waals surface area contributed by atoms with Gasteiger partial charge in [0.05, 0.1) is 11.5 Å². The van der Waals surface area contributed by atoms with Gasteiger partial charge in [0.25, 0.3) is 0 Å². The van der Waals surface area contributed by atoms with Crippen LogP contribution in [-0.2, 0) is 16.3 Å². The zero-order valence-electron chi connectivity index (χ0n) is 9.85. The van der Waals surface area contributed by atoms with Crippen LogP contribution in [0.25, 0.3) is 0 Å². The Balaban J connectivity index is 1.96. The molecular weight excluding hydrogens is 238 g/mol. The third-order valence-electron chi connectivity index (χ3n) is 3.24. The maximum Gasteiger partial charge on any atom is 0.150 e. The lowest BCUT2D eigenvalue weighted by Crippen LogP contribution is -2.22. The van der Waals surface area contributed by atoms with Gasteiger partial charge in [-0.15, -0.1) is 0 Å². The van der Waals surface area contributed by atoms with Crippen LogP contribution in [0.1, 0.15) is 36.7 Å². The molecule has 1 saturated heterocycles. The van der Waals surface area contributed by atoms with Crippen LogP contribution in [-0.4, -0.2) is 36.4 Å². The van der Waals surface area contributed by atoms with Gasteiger partial charge in [-0.25, -0.2) is 13.4 Å². The van der Waals surface area contributed by atoms with Crippen molar-refractivity contribution in [3.63, 3.8) is 0 Å². The highest BCUT2D eigenvalue weighted by Gasteiger charge is 2.26. The van der Waals surface area contributed by atoms with Crippen molar-refractivity contribution in [3.8, 4) is 0 Å². The van der Waals surface area contributed by atoms with Gasteiger partial charge in [0.15, 0.2) is 0 Å². The summed E-state index contributed by atoms with van der Waals surface area (Å²) < 4.78 is 22.7. The van der Waals surface area contributed by atoms with Crippen LogP contribution in [0.3, 0.4) is 0 Å². The van der Waals surface area contributed by atoms with Gasteiger partial charge in [0, 0.05) is 17.8 Å². The molecule has 5 nitrogen and oxygen atoms in total. The number of aromatic nitrogens is 2. The Bertz CT molecular complexity index is 453. The second kappa shape index (κ2) is 5.18. The molecule has 6 heteroatoms. The van der Waals surface area contributed by atoms with Crippen molar-refractivity contribution in [1.29, 1.82) is 0 Å². The summed E-state index contributed by atoms with van der Waals surface area (Å²) in [5.74, 6) is 1.78. The minimum absolute atomic E-state index is 0.269. The molecule has 3 N–H and O–H groups in total. The molecule has 1 aliphatic rings. The van der Waals surface area contributed by atoms with Crippen molar-refractivity contribution >= 4 is 9.84 Å². The Kier molecular flexibility index (Phi) is 3.83. The van der Waals surface area contributed by atoms with E-state index in [2.05, 4.69) is 9.97 Å². The van der Waals surface area contributed by atoms with Crippen LogP contribution >= 0.6 is 0 Å². The lowest BCUT2D eigenvalue weighted by Gasteiger charge is -2.19. The van der Waals surface area contributed by atoms with Crippen LogP contribution in [0.5, 0.6) is 0 Å². The Labute approximate surface area is 102 Å². The fourth-order valence-corrected chi connectivity index (χ4v) is 3.66. The SMILES string of the molecule is NCCCc1cnc(C2CCS(=O)(=O)CC2)[nH]1. The average molecular weight is 257 g/mol. The number of sulfone groups is 1. The molecule has 0 saturated carbocycles. The Morgan fingerprint density at radius 1 is 1.41 bits per heavy atom. The third kappa shape index (κ3) is 3.29. The lowest BCUT2D eigenvalue weighted by molar-refractivity contribution is 0.539. The summed E-state index contributed by atoms with van der Waals surface area (Å²) in [7, 11) is -2.79. The number of nitrogens with one attached hydrogen (secondary N) is 1. The van der Waals surface area contributed by atoms with E-state index in [1.165, 1.54) is 0 Å². The van der Waals surface area contributed by atoms with E-state index in [1.54, 1.807) is 0 Å². The number of imidazole rings is 1. The molecule has 0 radical (unpaired) electrons. The van der Waals surface area contributed by atoms with E-state index in [1.807, 2.05) is 6.20 Å². The molecular formula is C11H19N3O2S. The summed E-state index contributed by atoms with van der Waals surface area (Å²) in [5, 5.41) is 0. The van der Waals surface area contributed by atoms with E-state index in [-0.39, 0.29) is 17.4 Å². The molecule has 0 spiro atoms. The first-order valence-electron chi connectivity index (χ1n) is 6.05. The van der Waals surface area contributed by atoms with E-state index in [4.69, 9.17) is 5.73 Å². The van der Waals surface area contributed by atoms with E-state index in [0.717, 1.165) is 24.4 Å². The van der Waals surface area contributed by atoms with E-state index < -0.39 is 9.84 Å². The van der Waals surface area contributed by atoms with Crippen molar-refractivity contribution in [2.45, 2.75) is 31.6 Å². The number of aromatic amines is 1. The topological polar surface area (TPSA) is 88.8 Å². The second-order valence-electron chi connectivity index (χ2n) is 4.61. The number of hydrogen-bond acceptors (Lipinski definition) is 4. The predicted octanol–water partition coefficient (Wildman–Crippen LogP) is 0.593. The minimum atomic E-state index is -2.79. The fourth-order valence-electron chi connectivity index (χ4n) is 2.17. The molecule has 0 atom stereocenters. The highest BCUT2D eigenvalue weighted by atomic mass is 32.2. The van der Waals surface area contributed by atoms with Gasteiger partial charge >= 0.3 is 0 Å². The van der Waals surface area contributed by atoms with Gasteiger partial charge in [0.2, 0.25) is 0 Å². The van der Waals surface area contributed by atoms with Crippen LogP contribution in [0.4, 0.5) is 0 Å². The molecule has 1 aromatic heterocycles. The maximum atomic E-state index is 11.3. The zero-order chi connectivity index (χ0) is 12.3. The number of rotatable bonds is 4. The first-order chi connectivity index (χ1) is 8.11. The Hall–Kier alpha value is -0.880. The molecule has 0 aromatic carbocycles. The van der Waals surface area contributed by atoms with Gasteiger partial charge in [-0.3, -0.25) is 0 Å².